The van der Waals surface area contributed by atoms with Gasteiger partial charge in [-0.05, 0) is 18.2 Å². The average Bonchev–Trinajstić information content (AvgIpc) is 3.04. The maximum Gasteiger partial charge on any atom is 0.329 e. The lowest BCUT2D eigenvalue weighted by Crippen LogP contribution is -2.32. The average molecular weight is 427 g/mol. The van der Waals surface area contributed by atoms with Crippen LogP contribution < -0.4 is 11.2 Å². The number of fused-ring (bicyclic) bond motifs is 1. The highest BCUT2D eigenvalue weighted by Crippen LogP contribution is 2.25. The van der Waals surface area contributed by atoms with E-state index in [9.17, 15) is 18.0 Å². The third-order valence-corrected chi connectivity index (χ3v) is 6.85. The summed E-state index contributed by atoms with van der Waals surface area (Å²) in [4.78, 5) is 30.5. The van der Waals surface area contributed by atoms with Gasteiger partial charge in [-0.3, -0.25) is 14.3 Å². The molecule has 0 aromatic carbocycles. The summed E-state index contributed by atoms with van der Waals surface area (Å²) in [7, 11) is -2.52. The number of halogens is 1. The van der Waals surface area contributed by atoms with Gasteiger partial charge < -0.3 is 0 Å². The molecule has 8 nitrogen and oxygen atoms in total. The van der Waals surface area contributed by atoms with E-state index >= 15 is 0 Å². The number of aryl methyl sites for hydroxylation is 1. The molecule has 1 N–H and O–H groups in total. The maximum absolute atomic E-state index is 13.1. The second kappa shape index (κ2) is 7.39. The summed E-state index contributed by atoms with van der Waals surface area (Å²) < 4.78 is 29.0. The first-order valence-electron chi connectivity index (χ1n) is 7.68. The molecule has 3 heterocycles. The summed E-state index contributed by atoms with van der Waals surface area (Å²) in [6, 6.07) is 4.66. The number of thiophene rings is 1. The molecular weight excluding hydrogens is 412 g/mol. The molecule has 0 saturated heterocycles. The zero-order chi connectivity index (χ0) is 19.8. The molecule has 27 heavy (non-hydrogen) atoms. The van der Waals surface area contributed by atoms with Crippen molar-refractivity contribution in [3.8, 4) is 0 Å². The molecule has 0 aliphatic carbocycles. The molecule has 142 valence electrons. The number of hydrogen-bond acceptors (Lipinski definition) is 6. The third-order valence-electron chi connectivity index (χ3n) is 3.86. The van der Waals surface area contributed by atoms with Crippen molar-refractivity contribution in [1.29, 1.82) is 0 Å². The number of rotatable bonds is 6. The lowest BCUT2D eigenvalue weighted by molar-refractivity contribution is 0.441. The molecule has 0 radical (unpaired) electrons. The van der Waals surface area contributed by atoms with Crippen LogP contribution in [0, 0.1) is 0 Å². The number of sulfonamides is 1. The lowest BCUT2D eigenvalue weighted by Gasteiger charge is -2.20. The van der Waals surface area contributed by atoms with Gasteiger partial charge in [0.05, 0.1) is 9.72 Å². The molecule has 0 bridgehead atoms. The molecule has 0 amide bonds. The zero-order valence-electron chi connectivity index (χ0n) is 14.2. The quantitative estimate of drug-likeness (QED) is 0.604. The monoisotopic (exact) mass is 426 g/mol. The van der Waals surface area contributed by atoms with E-state index in [-0.39, 0.29) is 29.0 Å². The van der Waals surface area contributed by atoms with Gasteiger partial charge in [0.2, 0.25) is 10.0 Å². The molecule has 0 spiro atoms. The zero-order valence-corrected chi connectivity index (χ0v) is 16.6. The molecule has 0 aliphatic heterocycles. The number of pyridine rings is 1. The molecular formula is C16H15ClN4O4S2. The predicted molar refractivity (Wildman–Crippen MR) is 105 cm³/mol. The van der Waals surface area contributed by atoms with Crippen LogP contribution in [-0.4, -0.2) is 33.8 Å². The molecule has 11 heteroatoms. The molecule has 0 unspecified atom stereocenters. The molecule has 3 aromatic rings. The second-order valence-corrected chi connectivity index (χ2v) is 9.39. The van der Waals surface area contributed by atoms with Gasteiger partial charge in [0.25, 0.3) is 5.56 Å². The Bertz CT molecular complexity index is 1240. The minimum Gasteiger partial charge on any atom is -0.281 e. The maximum atomic E-state index is 13.1. The largest absolute Gasteiger partial charge is 0.329 e. The first-order valence-corrected chi connectivity index (χ1v) is 10.3. The third kappa shape index (κ3) is 3.74. The Labute approximate surface area is 163 Å². The van der Waals surface area contributed by atoms with Gasteiger partial charge in [-0.1, -0.05) is 17.7 Å². The number of H-pyrrole nitrogens is 1. The Morgan fingerprint density at radius 1 is 1.41 bits per heavy atom. The van der Waals surface area contributed by atoms with E-state index in [1.165, 1.54) is 34.8 Å². The van der Waals surface area contributed by atoms with Crippen molar-refractivity contribution < 1.29 is 8.42 Å². The molecule has 0 atom stereocenters. The minimum atomic E-state index is -3.96. The van der Waals surface area contributed by atoms with Gasteiger partial charge in [-0.15, -0.1) is 17.9 Å². The minimum absolute atomic E-state index is 0.0101. The van der Waals surface area contributed by atoms with Crippen molar-refractivity contribution in [3.05, 3.63) is 67.1 Å². The van der Waals surface area contributed by atoms with E-state index in [0.29, 0.717) is 4.34 Å². The van der Waals surface area contributed by atoms with Crippen LogP contribution in [0.3, 0.4) is 0 Å². The Hall–Kier alpha value is -2.27. The number of aromatic nitrogens is 3. The normalized spacial score (nSPS) is 12.0. The van der Waals surface area contributed by atoms with Crippen molar-refractivity contribution in [3.63, 3.8) is 0 Å². The van der Waals surface area contributed by atoms with Crippen LogP contribution in [-0.2, 0) is 23.6 Å². The summed E-state index contributed by atoms with van der Waals surface area (Å²) in [6.45, 7) is 3.78. The number of nitrogens with one attached hydrogen (secondary N) is 1. The summed E-state index contributed by atoms with van der Waals surface area (Å²) in [6.07, 6.45) is 2.60. The topological polar surface area (TPSA) is 105 Å². The van der Waals surface area contributed by atoms with Crippen molar-refractivity contribution in [2.45, 2.75) is 11.4 Å². The van der Waals surface area contributed by atoms with Gasteiger partial charge in [0.1, 0.15) is 10.5 Å². The summed E-state index contributed by atoms with van der Waals surface area (Å²) in [5, 5.41) is 0.0101. The fourth-order valence-corrected chi connectivity index (χ4v) is 5.06. The van der Waals surface area contributed by atoms with Crippen LogP contribution in [0.5, 0.6) is 0 Å². The highest BCUT2D eigenvalue weighted by Gasteiger charge is 2.25. The van der Waals surface area contributed by atoms with Crippen molar-refractivity contribution in [2.75, 3.05) is 6.54 Å². The van der Waals surface area contributed by atoms with Crippen LogP contribution in [0.2, 0.25) is 4.34 Å². The van der Waals surface area contributed by atoms with E-state index in [1.807, 2.05) is 0 Å². The van der Waals surface area contributed by atoms with Gasteiger partial charge in [0, 0.05) is 31.2 Å². The molecule has 0 saturated carbocycles. The van der Waals surface area contributed by atoms with Gasteiger partial charge in [0.15, 0.2) is 0 Å². The fourth-order valence-electron chi connectivity index (χ4n) is 2.51. The lowest BCUT2D eigenvalue weighted by atomic mass is 10.3. The standard InChI is InChI=1S/C16H15ClN4O4S2/c1-3-6-21(9-10-4-5-13(17)26-10)27(24,25)11-7-12-14(18-8-11)20(2)16(23)19-15(12)22/h3-5,7-8H,1,6,9H2,2H3,(H,19,22,23). The van der Waals surface area contributed by atoms with Crippen LogP contribution in [0.4, 0.5) is 0 Å². The summed E-state index contributed by atoms with van der Waals surface area (Å²) in [5.74, 6) is 0. The van der Waals surface area contributed by atoms with Gasteiger partial charge in [-0.25, -0.2) is 18.2 Å². The molecule has 3 rings (SSSR count). The summed E-state index contributed by atoms with van der Waals surface area (Å²) in [5.41, 5.74) is -1.22. The number of aromatic amines is 1. The van der Waals surface area contributed by atoms with Crippen LogP contribution >= 0.6 is 22.9 Å². The number of hydrogen-bond donors (Lipinski definition) is 1. The SMILES string of the molecule is C=CCN(Cc1ccc(Cl)s1)S(=O)(=O)c1cnc2c(c1)c(=O)[nH]c(=O)n2C. The van der Waals surface area contributed by atoms with Crippen LogP contribution in [0.1, 0.15) is 4.88 Å². The van der Waals surface area contributed by atoms with Gasteiger partial charge >= 0.3 is 5.69 Å². The van der Waals surface area contributed by atoms with Crippen molar-refractivity contribution >= 4 is 44.0 Å². The van der Waals surface area contributed by atoms with Crippen LogP contribution in [0.25, 0.3) is 11.0 Å². The Kier molecular flexibility index (Phi) is 5.33. The highest BCUT2D eigenvalue weighted by atomic mass is 35.5. The second-order valence-electron chi connectivity index (χ2n) is 5.65. The molecule has 3 aromatic heterocycles. The molecule has 0 aliphatic rings. The van der Waals surface area contributed by atoms with E-state index in [4.69, 9.17) is 11.6 Å². The molecule has 0 fully saturated rings. The fraction of sp³-hybridized carbons (Fsp3) is 0.188. The predicted octanol–water partition coefficient (Wildman–Crippen LogP) is 1.71. The van der Waals surface area contributed by atoms with E-state index in [0.717, 1.165) is 15.6 Å². The Morgan fingerprint density at radius 3 is 2.78 bits per heavy atom. The van der Waals surface area contributed by atoms with Gasteiger partial charge in [-0.2, -0.15) is 4.31 Å². The van der Waals surface area contributed by atoms with Crippen molar-refractivity contribution in [2.24, 2.45) is 7.05 Å². The Balaban J connectivity index is 2.09. The van der Waals surface area contributed by atoms with Crippen molar-refractivity contribution in [1.82, 2.24) is 18.8 Å². The van der Waals surface area contributed by atoms with E-state index in [1.54, 1.807) is 12.1 Å². The van der Waals surface area contributed by atoms with E-state index < -0.39 is 21.3 Å². The smallest absolute Gasteiger partial charge is 0.281 e. The summed E-state index contributed by atoms with van der Waals surface area (Å²) >= 11 is 7.20. The first kappa shape index (κ1) is 19.5. The first-order chi connectivity index (χ1) is 12.7. The van der Waals surface area contributed by atoms with Crippen LogP contribution in [0.15, 0.2) is 51.5 Å². The number of nitrogens with zero attached hydrogens (tertiary/aromatic N) is 3. The van der Waals surface area contributed by atoms with E-state index in [2.05, 4.69) is 16.5 Å². The Morgan fingerprint density at radius 2 is 2.15 bits per heavy atom. The highest BCUT2D eigenvalue weighted by molar-refractivity contribution is 7.89.